The van der Waals surface area contributed by atoms with Crippen LogP contribution in [-0.2, 0) is 17.7 Å². The van der Waals surface area contributed by atoms with Gasteiger partial charge >= 0.3 is 0 Å². The number of carbonyl (C=O) groups excluding carboxylic acids is 1. The summed E-state index contributed by atoms with van der Waals surface area (Å²) in [5.41, 5.74) is 3.69. The molecule has 30 heavy (non-hydrogen) atoms. The van der Waals surface area contributed by atoms with Crippen LogP contribution in [0.5, 0.6) is 0 Å². The van der Waals surface area contributed by atoms with Crippen molar-refractivity contribution in [3.05, 3.63) is 41.2 Å². The predicted octanol–water partition coefficient (Wildman–Crippen LogP) is 3.36. The van der Waals surface area contributed by atoms with Gasteiger partial charge in [-0.3, -0.25) is 19.3 Å². The number of para-hydroxylation sites is 1. The van der Waals surface area contributed by atoms with E-state index in [0.29, 0.717) is 18.8 Å². The third-order valence-electron chi connectivity index (χ3n) is 5.51. The molecular formula is C22H29N5O2S. The van der Waals surface area contributed by atoms with Crippen LogP contribution in [0.3, 0.4) is 0 Å². The quantitative estimate of drug-likeness (QED) is 0.579. The van der Waals surface area contributed by atoms with Gasteiger partial charge < -0.3 is 4.74 Å². The van der Waals surface area contributed by atoms with Crippen LogP contribution >= 0.6 is 11.3 Å². The average Bonchev–Trinajstić information content (AvgIpc) is 3.37. The van der Waals surface area contributed by atoms with Crippen LogP contribution in [-0.4, -0.2) is 65.0 Å². The zero-order valence-corrected chi connectivity index (χ0v) is 18.7. The molecule has 0 aliphatic carbocycles. The molecule has 3 heterocycles. The Hall–Kier alpha value is -2.29. The zero-order chi connectivity index (χ0) is 21.1. The van der Waals surface area contributed by atoms with Gasteiger partial charge in [-0.1, -0.05) is 30.4 Å². The van der Waals surface area contributed by atoms with Gasteiger partial charge in [-0.2, -0.15) is 5.10 Å². The Morgan fingerprint density at radius 3 is 2.80 bits per heavy atom. The van der Waals surface area contributed by atoms with E-state index in [9.17, 15) is 4.79 Å². The molecule has 4 rings (SSSR count). The van der Waals surface area contributed by atoms with Crippen LogP contribution < -0.4 is 4.90 Å². The third kappa shape index (κ3) is 4.26. The number of carbonyl (C=O) groups is 1. The molecule has 0 unspecified atom stereocenters. The molecule has 0 spiro atoms. The number of thiazole rings is 1. The minimum Gasteiger partial charge on any atom is -0.379 e. The minimum absolute atomic E-state index is 0.0391. The Labute approximate surface area is 181 Å². The number of morpholine rings is 1. The second kappa shape index (κ2) is 9.24. The number of nitrogens with zero attached hydrogens (tertiary/aromatic N) is 5. The molecule has 1 fully saturated rings. The molecule has 1 aliphatic rings. The summed E-state index contributed by atoms with van der Waals surface area (Å²) in [5.74, 6) is -0.0391. The minimum atomic E-state index is -0.0391. The summed E-state index contributed by atoms with van der Waals surface area (Å²) in [5, 5.41) is 5.23. The molecule has 2 aromatic heterocycles. The Balaban J connectivity index is 1.68. The van der Waals surface area contributed by atoms with E-state index in [-0.39, 0.29) is 5.91 Å². The van der Waals surface area contributed by atoms with E-state index in [0.717, 1.165) is 60.3 Å². The molecule has 8 heteroatoms. The van der Waals surface area contributed by atoms with Crippen molar-refractivity contribution < 1.29 is 9.53 Å². The second-order valence-corrected chi connectivity index (χ2v) is 8.52. The van der Waals surface area contributed by atoms with Crippen LogP contribution in [0.4, 0.5) is 5.13 Å². The number of aryl methyl sites for hydroxylation is 3. The molecule has 0 bridgehead atoms. The Kier molecular flexibility index (Phi) is 6.46. The molecule has 1 aliphatic heterocycles. The summed E-state index contributed by atoms with van der Waals surface area (Å²) in [4.78, 5) is 22.7. The van der Waals surface area contributed by atoms with Crippen LogP contribution in [0.1, 0.15) is 35.6 Å². The van der Waals surface area contributed by atoms with Gasteiger partial charge in [-0.25, -0.2) is 4.98 Å². The summed E-state index contributed by atoms with van der Waals surface area (Å²) in [7, 11) is 0. The summed E-state index contributed by atoms with van der Waals surface area (Å²) >= 11 is 1.59. The first-order valence-electron chi connectivity index (χ1n) is 10.7. The highest BCUT2D eigenvalue weighted by atomic mass is 32.1. The van der Waals surface area contributed by atoms with Crippen LogP contribution in [0.15, 0.2) is 24.3 Å². The summed E-state index contributed by atoms with van der Waals surface area (Å²) in [6, 6.07) is 8.14. The van der Waals surface area contributed by atoms with Crippen molar-refractivity contribution in [1.82, 2.24) is 19.7 Å². The van der Waals surface area contributed by atoms with E-state index in [1.807, 2.05) is 24.8 Å². The molecule has 0 N–H and O–H groups in total. The van der Waals surface area contributed by atoms with Gasteiger partial charge in [0.2, 0.25) is 0 Å². The third-order valence-corrected chi connectivity index (χ3v) is 6.56. The smallest absolute Gasteiger partial charge is 0.278 e. The molecular weight excluding hydrogens is 398 g/mol. The standard InChI is InChI=1S/C22H29N5O2S/c1-4-17-7-6-8-19-20(17)23-22(30-19)26(10-9-25-11-13-29-14-12-25)21(28)18-15-16(3)24-27(18)5-2/h6-8,15H,4-5,9-14H2,1-3H3. The molecule has 3 aromatic rings. The number of anilines is 1. The van der Waals surface area contributed by atoms with E-state index < -0.39 is 0 Å². The van der Waals surface area contributed by atoms with E-state index >= 15 is 0 Å². The number of aromatic nitrogens is 3. The molecule has 0 saturated carbocycles. The fourth-order valence-electron chi connectivity index (χ4n) is 3.84. The predicted molar refractivity (Wildman–Crippen MR) is 121 cm³/mol. The Morgan fingerprint density at radius 2 is 2.07 bits per heavy atom. The van der Waals surface area contributed by atoms with Gasteiger partial charge in [-0.15, -0.1) is 0 Å². The maximum atomic E-state index is 13.6. The highest BCUT2D eigenvalue weighted by Gasteiger charge is 2.26. The molecule has 0 radical (unpaired) electrons. The first-order valence-corrected chi connectivity index (χ1v) is 11.5. The summed E-state index contributed by atoms with van der Waals surface area (Å²) < 4.78 is 8.36. The lowest BCUT2D eigenvalue weighted by atomic mass is 10.1. The SMILES string of the molecule is CCc1cccc2sc(N(CCN3CCOCC3)C(=O)c3cc(C)nn3CC)nc12. The van der Waals surface area contributed by atoms with Crippen molar-refractivity contribution in [2.75, 3.05) is 44.3 Å². The average molecular weight is 428 g/mol. The lowest BCUT2D eigenvalue weighted by molar-refractivity contribution is 0.0391. The largest absolute Gasteiger partial charge is 0.379 e. The second-order valence-electron chi connectivity index (χ2n) is 7.51. The van der Waals surface area contributed by atoms with Crippen molar-refractivity contribution in [3.8, 4) is 0 Å². The normalized spacial score (nSPS) is 15.0. The maximum Gasteiger partial charge on any atom is 0.278 e. The fraction of sp³-hybridized carbons (Fsp3) is 0.500. The van der Waals surface area contributed by atoms with Crippen LogP contribution in [0, 0.1) is 6.92 Å². The van der Waals surface area contributed by atoms with Crippen molar-refractivity contribution in [2.24, 2.45) is 0 Å². The van der Waals surface area contributed by atoms with Crippen molar-refractivity contribution in [3.63, 3.8) is 0 Å². The van der Waals surface area contributed by atoms with Gasteiger partial charge in [0, 0.05) is 32.7 Å². The van der Waals surface area contributed by atoms with E-state index in [2.05, 4.69) is 35.1 Å². The highest BCUT2D eigenvalue weighted by Crippen LogP contribution is 2.32. The van der Waals surface area contributed by atoms with Crippen LogP contribution in [0.25, 0.3) is 10.2 Å². The summed E-state index contributed by atoms with van der Waals surface area (Å²) in [6.45, 7) is 11.4. The van der Waals surface area contributed by atoms with Crippen LogP contribution in [0.2, 0.25) is 0 Å². The van der Waals surface area contributed by atoms with Crippen molar-refractivity contribution in [1.29, 1.82) is 0 Å². The van der Waals surface area contributed by atoms with E-state index in [1.165, 1.54) is 5.56 Å². The fourth-order valence-corrected chi connectivity index (χ4v) is 4.88. The number of amides is 1. The van der Waals surface area contributed by atoms with Gasteiger partial charge in [0.25, 0.3) is 5.91 Å². The summed E-state index contributed by atoms with van der Waals surface area (Å²) in [6.07, 6.45) is 0.921. The lowest BCUT2D eigenvalue weighted by Gasteiger charge is -2.29. The number of hydrogen-bond donors (Lipinski definition) is 0. The lowest BCUT2D eigenvalue weighted by Crippen LogP contribution is -2.43. The molecule has 1 aromatic carbocycles. The van der Waals surface area contributed by atoms with E-state index in [1.54, 1.807) is 16.0 Å². The van der Waals surface area contributed by atoms with Crippen molar-refractivity contribution >= 4 is 32.6 Å². The zero-order valence-electron chi connectivity index (χ0n) is 17.9. The monoisotopic (exact) mass is 427 g/mol. The van der Waals surface area contributed by atoms with Gasteiger partial charge in [0.15, 0.2) is 5.13 Å². The Bertz CT molecular complexity index is 1020. The molecule has 1 saturated heterocycles. The molecule has 1 amide bonds. The maximum absolute atomic E-state index is 13.6. The topological polar surface area (TPSA) is 63.5 Å². The molecule has 7 nitrogen and oxygen atoms in total. The highest BCUT2D eigenvalue weighted by molar-refractivity contribution is 7.22. The van der Waals surface area contributed by atoms with Gasteiger partial charge in [0.1, 0.15) is 5.69 Å². The van der Waals surface area contributed by atoms with Gasteiger partial charge in [0.05, 0.1) is 29.1 Å². The number of ether oxygens (including phenoxy) is 1. The number of rotatable bonds is 7. The molecule has 160 valence electrons. The number of benzene rings is 1. The number of fused-ring (bicyclic) bond motifs is 1. The molecule has 0 atom stereocenters. The van der Waals surface area contributed by atoms with Gasteiger partial charge in [-0.05, 0) is 38.0 Å². The van der Waals surface area contributed by atoms with Crippen molar-refractivity contribution in [2.45, 2.75) is 33.7 Å². The Morgan fingerprint density at radius 1 is 1.27 bits per heavy atom. The first kappa shape index (κ1) is 21.0. The first-order chi connectivity index (χ1) is 14.6. The van der Waals surface area contributed by atoms with E-state index in [4.69, 9.17) is 9.72 Å². The number of hydrogen-bond acceptors (Lipinski definition) is 6.